The molecule has 1 fully saturated rings. The molecule has 0 spiro atoms. The molecule has 2 amide bonds. The lowest BCUT2D eigenvalue weighted by atomic mass is 9.93. The Kier molecular flexibility index (Phi) is 7.71. The summed E-state index contributed by atoms with van der Waals surface area (Å²) in [5.41, 5.74) is 2.53. The van der Waals surface area contributed by atoms with Gasteiger partial charge in [-0.1, -0.05) is 30.3 Å². The van der Waals surface area contributed by atoms with Gasteiger partial charge in [0.05, 0.1) is 18.1 Å². The van der Waals surface area contributed by atoms with Crippen LogP contribution < -0.4 is 15.1 Å². The van der Waals surface area contributed by atoms with Gasteiger partial charge >= 0.3 is 18.2 Å². The first kappa shape index (κ1) is 29.4. The summed E-state index contributed by atoms with van der Waals surface area (Å²) >= 11 is 0. The average molecular weight is 598 g/mol. The Morgan fingerprint density at radius 2 is 1.70 bits per heavy atom. The molecule has 0 saturated carbocycles. The predicted molar refractivity (Wildman–Crippen MR) is 150 cm³/mol. The van der Waals surface area contributed by atoms with Gasteiger partial charge in [0.1, 0.15) is 0 Å². The minimum Gasteiger partial charge on any atom is -0.475 e. The van der Waals surface area contributed by atoms with Crippen molar-refractivity contribution in [1.29, 1.82) is 0 Å². The van der Waals surface area contributed by atoms with Crippen LogP contribution in [0, 0.1) is 0 Å². The van der Waals surface area contributed by atoms with Crippen molar-refractivity contribution in [2.24, 2.45) is 0 Å². The Bertz CT molecular complexity index is 1700. The van der Waals surface area contributed by atoms with Gasteiger partial charge in [-0.05, 0) is 49.2 Å². The third-order valence-electron chi connectivity index (χ3n) is 7.15. The first-order valence-corrected chi connectivity index (χ1v) is 13.1. The summed E-state index contributed by atoms with van der Waals surface area (Å²) in [4.78, 5) is 45.3. The van der Waals surface area contributed by atoms with Gasteiger partial charge in [-0.15, -0.1) is 0 Å². The number of anilines is 3. The molecule has 3 heterocycles. The van der Waals surface area contributed by atoms with Gasteiger partial charge in [-0.3, -0.25) is 15.0 Å². The van der Waals surface area contributed by atoms with Gasteiger partial charge in [0.15, 0.2) is 5.72 Å². The number of carbonyl (C=O) groups excluding carboxylic acids is 2. The first-order valence-electron chi connectivity index (χ1n) is 13.1. The highest BCUT2D eigenvalue weighted by Crippen LogP contribution is 2.46. The molecule has 1 atom stereocenters. The molecule has 0 aliphatic carbocycles. The Morgan fingerprint density at radius 1 is 1.02 bits per heavy atom. The van der Waals surface area contributed by atoms with E-state index >= 15 is 0 Å². The number of aromatic nitrogens is 2. The molecular weight excluding hydrogens is 571 g/mol. The minimum atomic E-state index is -5.08. The van der Waals surface area contributed by atoms with Crippen LogP contribution in [0.15, 0.2) is 66.7 Å². The van der Waals surface area contributed by atoms with Crippen LogP contribution >= 0.6 is 0 Å². The maximum Gasteiger partial charge on any atom is 0.490 e. The highest BCUT2D eigenvalue weighted by Gasteiger charge is 2.51. The number of aliphatic carboxylic acids is 1. The number of nitrogens with zero attached hydrogens (tertiary/aromatic N) is 3. The summed E-state index contributed by atoms with van der Waals surface area (Å²) in [5, 5.41) is 22.0. The molecule has 1 saturated heterocycles. The highest BCUT2D eigenvalue weighted by molar-refractivity contribution is 6.12. The van der Waals surface area contributed by atoms with Crippen molar-refractivity contribution in [3.63, 3.8) is 0 Å². The number of carboxylic acids is 1. The van der Waals surface area contributed by atoms with Gasteiger partial charge in [0.25, 0.3) is 5.91 Å². The van der Waals surface area contributed by atoms with Crippen LogP contribution in [-0.4, -0.2) is 64.5 Å². The van der Waals surface area contributed by atoms with E-state index in [-0.39, 0.29) is 11.9 Å². The van der Waals surface area contributed by atoms with Gasteiger partial charge < -0.3 is 24.8 Å². The molecule has 0 radical (unpaired) electrons. The van der Waals surface area contributed by atoms with E-state index in [1.165, 1.54) is 12.0 Å². The minimum absolute atomic E-state index is 0.221. The van der Waals surface area contributed by atoms with E-state index in [0.29, 0.717) is 33.4 Å². The van der Waals surface area contributed by atoms with E-state index in [9.17, 15) is 27.9 Å². The normalized spacial score (nSPS) is 17.8. The highest BCUT2D eigenvalue weighted by atomic mass is 19.4. The van der Waals surface area contributed by atoms with E-state index in [1.807, 2.05) is 30.3 Å². The van der Waals surface area contributed by atoms with Crippen molar-refractivity contribution >= 4 is 46.3 Å². The maximum absolute atomic E-state index is 13.7. The fourth-order valence-corrected chi connectivity index (χ4v) is 5.19. The zero-order chi connectivity index (χ0) is 30.9. The third-order valence-corrected chi connectivity index (χ3v) is 7.15. The number of amides is 2. The number of aromatic amines is 1. The number of imidazole rings is 1. The topological polar surface area (TPSA) is 148 Å². The van der Waals surface area contributed by atoms with Gasteiger partial charge in [0, 0.05) is 41.2 Å². The van der Waals surface area contributed by atoms with Gasteiger partial charge in [-0.25, -0.2) is 14.6 Å². The number of carbonyl (C=O) groups is 3. The average Bonchev–Trinajstić information content (AvgIpc) is 3.71. The number of H-pyrrole nitrogens is 1. The quantitative estimate of drug-likeness (QED) is 0.262. The molecule has 3 aromatic carbocycles. The zero-order valence-corrected chi connectivity index (χ0v) is 22.7. The maximum atomic E-state index is 13.7. The summed E-state index contributed by atoms with van der Waals surface area (Å²) in [7, 11) is 1.27. The monoisotopic (exact) mass is 597 g/mol. The zero-order valence-electron chi connectivity index (χ0n) is 22.7. The molecule has 0 bridgehead atoms. The summed E-state index contributed by atoms with van der Waals surface area (Å²) in [6.45, 7) is 1.95. The van der Waals surface area contributed by atoms with Crippen LogP contribution in [0.3, 0.4) is 0 Å². The van der Waals surface area contributed by atoms with Crippen molar-refractivity contribution in [3.05, 3.63) is 83.4 Å². The Labute approximate surface area is 242 Å². The van der Waals surface area contributed by atoms with Crippen LogP contribution in [0.1, 0.15) is 34.3 Å². The number of hydrogen-bond acceptors (Lipinski definition) is 7. The molecule has 11 nitrogen and oxygen atoms in total. The number of rotatable bonds is 4. The number of hydrogen-bond donors (Lipinski definition) is 4. The van der Waals surface area contributed by atoms with Crippen molar-refractivity contribution in [3.8, 4) is 0 Å². The molecule has 1 aromatic heterocycles. The number of ether oxygens (including phenoxy) is 1. The third kappa shape index (κ3) is 5.56. The van der Waals surface area contributed by atoms with E-state index in [2.05, 4.69) is 24.9 Å². The second kappa shape index (κ2) is 11.3. The largest absolute Gasteiger partial charge is 0.490 e. The number of carboxylic acid groups (broad SMARTS) is 1. The van der Waals surface area contributed by atoms with E-state index in [1.54, 1.807) is 36.4 Å². The molecule has 6 rings (SSSR count). The standard InChI is InChI=1S/C27H25N5O4.C2HF3O2/c1-36-26(34)30-25-28-22-12-11-17(15-23(22)29-25)27(35)21-10-3-2-9-20(21)24(33)32(27)19-8-6-7-18(16-19)31-13-4-5-14-31;3-2(4,5)1(6)7/h2-3,6-12,15-16,35H,4-5,13-14H2,1H3,(H2,28,29,30,34);(H,6,7). The van der Waals surface area contributed by atoms with Crippen molar-refractivity contribution in [1.82, 2.24) is 9.97 Å². The van der Waals surface area contributed by atoms with E-state index in [0.717, 1.165) is 31.6 Å². The summed E-state index contributed by atoms with van der Waals surface area (Å²) in [6, 6.07) is 20.1. The summed E-state index contributed by atoms with van der Waals surface area (Å²) < 4.78 is 36.4. The number of benzene rings is 3. The Hall–Kier alpha value is -5.11. The summed E-state index contributed by atoms with van der Waals surface area (Å²) in [6.07, 6.45) is -3.45. The van der Waals surface area contributed by atoms with Crippen molar-refractivity contribution in [2.75, 3.05) is 35.3 Å². The number of aliphatic hydroxyl groups is 1. The lowest BCUT2D eigenvalue weighted by Gasteiger charge is -2.35. The Balaban J connectivity index is 0.000000472. The van der Waals surface area contributed by atoms with Crippen LogP contribution in [0.4, 0.5) is 35.3 Å². The smallest absolute Gasteiger partial charge is 0.475 e. The molecule has 224 valence electrons. The second-order valence-electron chi connectivity index (χ2n) is 9.81. The van der Waals surface area contributed by atoms with Crippen LogP contribution in [0.5, 0.6) is 0 Å². The predicted octanol–water partition coefficient (Wildman–Crippen LogP) is 4.83. The first-order chi connectivity index (χ1) is 20.4. The molecule has 14 heteroatoms. The molecule has 2 aliphatic rings. The van der Waals surface area contributed by atoms with Gasteiger partial charge in [0.2, 0.25) is 5.95 Å². The SMILES string of the molecule is COC(=O)Nc1nc2ccc(C3(O)c4ccccc4C(=O)N3c3cccc(N4CCCC4)c3)cc2[nH]1.O=C(O)C(F)(F)F. The van der Waals surface area contributed by atoms with Crippen LogP contribution in [0.2, 0.25) is 0 Å². The van der Waals surface area contributed by atoms with E-state index in [4.69, 9.17) is 9.90 Å². The van der Waals surface area contributed by atoms with Crippen LogP contribution in [-0.2, 0) is 15.3 Å². The van der Waals surface area contributed by atoms with Gasteiger partial charge in [-0.2, -0.15) is 13.2 Å². The van der Waals surface area contributed by atoms with Crippen molar-refractivity contribution in [2.45, 2.75) is 24.7 Å². The molecule has 1 unspecified atom stereocenters. The second-order valence-corrected chi connectivity index (χ2v) is 9.81. The number of fused-ring (bicyclic) bond motifs is 2. The van der Waals surface area contributed by atoms with Crippen LogP contribution in [0.25, 0.3) is 11.0 Å². The number of nitrogens with one attached hydrogen (secondary N) is 2. The molecular formula is C29H26F3N5O6. The molecule has 43 heavy (non-hydrogen) atoms. The lowest BCUT2D eigenvalue weighted by Crippen LogP contribution is -2.45. The number of alkyl halides is 3. The fourth-order valence-electron chi connectivity index (χ4n) is 5.19. The number of halogens is 3. The fraction of sp³-hybridized carbons (Fsp3) is 0.241. The summed E-state index contributed by atoms with van der Waals surface area (Å²) in [5.74, 6) is -2.81. The van der Waals surface area contributed by atoms with E-state index < -0.39 is 24.0 Å². The van der Waals surface area contributed by atoms with Crippen molar-refractivity contribution < 1.29 is 42.5 Å². The Morgan fingerprint density at radius 3 is 2.37 bits per heavy atom. The molecule has 4 aromatic rings. The molecule has 2 aliphatic heterocycles. The lowest BCUT2D eigenvalue weighted by molar-refractivity contribution is -0.192. The number of methoxy groups -OCH3 is 1. The molecule has 4 N–H and O–H groups in total.